The molecule has 0 aliphatic rings. The molecule has 1 unspecified atom stereocenters. The Kier molecular flexibility index (Phi) is 6.97. The first-order valence-electron chi connectivity index (χ1n) is 5.97. The number of thioether (sulfide) groups is 1. The maximum atomic E-state index is 6.11. The average Bonchev–Trinajstić information content (AvgIpc) is 2.31. The van der Waals surface area contributed by atoms with Crippen molar-refractivity contribution in [3.8, 4) is 0 Å². The summed E-state index contributed by atoms with van der Waals surface area (Å²) in [7, 11) is 0. The van der Waals surface area contributed by atoms with Gasteiger partial charge >= 0.3 is 0 Å². The van der Waals surface area contributed by atoms with Gasteiger partial charge < -0.3 is 0 Å². The van der Waals surface area contributed by atoms with Gasteiger partial charge in [-0.2, -0.15) is 0 Å². The standard InChI is InChI=1S/C13H21ClN2S/c1-10(2)7-8-11(16-15)9-17-13-6-4-3-5-12(13)14/h3-6,10-11,16H,7-9,15H2,1-2H3. The van der Waals surface area contributed by atoms with Gasteiger partial charge in [0.1, 0.15) is 0 Å². The van der Waals surface area contributed by atoms with Gasteiger partial charge in [0.15, 0.2) is 0 Å². The monoisotopic (exact) mass is 272 g/mol. The fourth-order valence-corrected chi connectivity index (χ4v) is 2.83. The molecule has 1 atom stereocenters. The largest absolute Gasteiger partial charge is 0.271 e. The molecule has 1 aromatic rings. The van der Waals surface area contributed by atoms with E-state index in [4.69, 9.17) is 17.4 Å². The molecule has 0 heterocycles. The van der Waals surface area contributed by atoms with Crippen LogP contribution in [0.3, 0.4) is 0 Å². The number of halogens is 1. The molecule has 1 rings (SSSR count). The van der Waals surface area contributed by atoms with Crippen LogP contribution in [0, 0.1) is 5.92 Å². The van der Waals surface area contributed by atoms with Gasteiger partial charge in [0.2, 0.25) is 0 Å². The third kappa shape index (κ3) is 5.77. The minimum Gasteiger partial charge on any atom is -0.271 e. The molecule has 0 saturated heterocycles. The Hall–Kier alpha value is -0.220. The predicted molar refractivity (Wildman–Crippen MR) is 77.4 cm³/mol. The fraction of sp³-hybridized carbons (Fsp3) is 0.538. The summed E-state index contributed by atoms with van der Waals surface area (Å²) in [6.07, 6.45) is 2.30. The maximum absolute atomic E-state index is 6.11. The average molecular weight is 273 g/mol. The highest BCUT2D eigenvalue weighted by atomic mass is 35.5. The summed E-state index contributed by atoms with van der Waals surface area (Å²) >= 11 is 7.86. The SMILES string of the molecule is CC(C)CCC(CSc1ccccc1Cl)NN. The van der Waals surface area contributed by atoms with Crippen LogP contribution in [-0.4, -0.2) is 11.8 Å². The van der Waals surface area contributed by atoms with Crippen molar-refractivity contribution >= 4 is 23.4 Å². The van der Waals surface area contributed by atoms with E-state index >= 15 is 0 Å². The Morgan fingerprint density at radius 2 is 2.00 bits per heavy atom. The number of rotatable bonds is 7. The van der Waals surface area contributed by atoms with Crippen LogP contribution in [-0.2, 0) is 0 Å². The lowest BCUT2D eigenvalue weighted by Gasteiger charge is -2.16. The number of hydrogen-bond donors (Lipinski definition) is 2. The minimum atomic E-state index is 0.346. The van der Waals surface area contributed by atoms with E-state index in [1.807, 2.05) is 24.3 Å². The molecule has 0 fully saturated rings. The molecule has 0 spiro atoms. The third-order valence-electron chi connectivity index (χ3n) is 2.60. The maximum Gasteiger partial charge on any atom is 0.0541 e. The van der Waals surface area contributed by atoms with Gasteiger partial charge in [-0.1, -0.05) is 37.6 Å². The summed E-state index contributed by atoms with van der Waals surface area (Å²) in [6, 6.07) is 8.27. The van der Waals surface area contributed by atoms with E-state index in [1.54, 1.807) is 11.8 Å². The van der Waals surface area contributed by atoms with Crippen LogP contribution < -0.4 is 11.3 Å². The van der Waals surface area contributed by atoms with Crippen LogP contribution in [0.5, 0.6) is 0 Å². The molecule has 3 N–H and O–H groups in total. The van der Waals surface area contributed by atoms with E-state index in [1.165, 1.54) is 6.42 Å². The normalized spacial score (nSPS) is 13.0. The topological polar surface area (TPSA) is 38.0 Å². The van der Waals surface area contributed by atoms with Gasteiger partial charge in [0, 0.05) is 16.7 Å². The molecule has 96 valence electrons. The van der Waals surface area contributed by atoms with Crippen molar-refractivity contribution in [1.29, 1.82) is 0 Å². The first-order valence-corrected chi connectivity index (χ1v) is 7.33. The molecule has 1 aromatic carbocycles. The van der Waals surface area contributed by atoms with Crippen molar-refractivity contribution in [2.45, 2.75) is 37.6 Å². The molecule has 4 heteroatoms. The smallest absolute Gasteiger partial charge is 0.0541 e. The zero-order valence-corrected chi connectivity index (χ0v) is 12.0. The third-order valence-corrected chi connectivity index (χ3v) is 4.28. The number of nitrogens with two attached hydrogens (primary N) is 1. The van der Waals surface area contributed by atoms with Crippen LogP contribution in [0.1, 0.15) is 26.7 Å². The molecule has 2 nitrogen and oxygen atoms in total. The Morgan fingerprint density at radius 1 is 1.29 bits per heavy atom. The highest BCUT2D eigenvalue weighted by molar-refractivity contribution is 7.99. The lowest BCUT2D eigenvalue weighted by molar-refractivity contribution is 0.464. The molecular formula is C13H21ClN2S. The summed E-state index contributed by atoms with van der Waals surface area (Å²) in [5.41, 5.74) is 2.88. The van der Waals surface area contributed by atoms with E-state index in [-0.39, 0.29) is 0 Å². The summed E-state index contributed by atoms with van der Waals surface area (Å²) in [5.74, 6) is 7.23. The highest BCUT2D eigenvalue weighted by Gasteiger charge is 2.09. The summed E-state index contributed by atoms with van der Waals surface area (Å²) in [5, 5.41) is 0.817. The van der Waals surface area contributed by atoms with Crippen molar-refractivity contribution in [1.82, 2.24) is 5.43 Å². The zero-order chi connectivity index (χ0) is 12.7. The molecule has 0 radical (unpaired) electrons. The Labute approximate surface area is 113 Å². The van der Waals surface area contributed by atoms with Crippen LogP contribution >= 0.6 is 23.4 Å². The second-order valence-corrected chi connectivity index (χ2v) is 6.05. The predicted octanol–water partition coefficient (Wildman–Crippen LogP) is 3.70. The Bertz CT molecular complexity index is 331. The van der Waals surface area contributed by atoms with E-state index in [2.05, 4.69) is 19.3 Å². The van der Waals surface area contributed by atoms with Gasteiger partial charge in [-0.3, -0.25) is 11.3 Å². The van der Waals surface area contributed by atoms with Crippen LogP contribution in [0.15, 0.2) is 29.2 Å². The van der Waals surface area contributed by atoms with Crippen LogP contribution in [0.2, 0.25) is 5.02 Å². The lowest BCUT2D eigenvalue weighted by Crippen LogP contribution is -2.37. The number of benzene rings is 1. The molecule has 0 aliphatic carbocycles. The van der Waals surface area contributed by atoms with Crippen molar-refractivity contribution in [3.63, 3.8) is 0 Å². The molecule has 0 bridgehead atoms. The summed E-state index contributed by atoms with van der Waals surface area (Å²) in [4.78, 5) is 1.12. The van der Waals surface area contributed by atoms with Crippen molar-refractivity contribution < 1.29 is 0 Å². The molecule has 0 amide bonds. The van der Waals surface area contributed by atoms with E-state index in [0.717, 1.165) is 28.0 Å². The summed E-state index contributed by atoms with van der Waals surface area (Å²) in [6.45, 7) is 4.46. The summed E-state index contributed by atoms with van der Waals surface area (Å²) < 4.78 is 0. The van der Waals surface area contributed by atoms with E-state index in [9.17, 15) is 0 Å². The van der Waals surface area contributed by atoms with Gasteiger partial charge in [-0.25, -0.2) is 0 Å². The molecular weight excluding hydrogens is 252 g/mol. The Balaban J connectivity index is 2.40. The van der Waals surface area contributed by atoms with Gasteiger partial charge in [-0.05, 0) is 30.9 Å². The molecule has 0 aromatic heterocycles. The minimum absolute atomic E-state index is 0.346. The molecule has 17 heavy (non-hydrogen) atoms. The fourth-order valence-electron chi connectivity index (χ4n) is 1.50. The highest BCUT2D eigenvalue weighted by Crippen LogP contribution is 2.27. The quantitative estimate of drug-likeness (QED) is 0.452. The second kappa shape index (κ2) is 7.98. The van der Waals surface area contributed by atoms with Gasteiger partial charge in [0.05, 0.1) is 5.02 Å². The molecule has 0 aliphatic heterocycles. The lowest BCUT2D eigenvalue weighted by atomic mass is 10.0. The Morgan fingerprint density at radius 3 is 2.59 bits per heavy atom. The van der Waals surface area contributed by atoms with E-state index < -0.39 is 0 Å². The van der Waals surface area contributed by atoms with Gasteiger partial charge in [-0.15, -0.1) is 11.8 Å². The second-order valence-electron chi connectivity index (χ2n) is 4.58. The number of hydrazine groups is 1. The van der Waals surface area contributed by atoms with E-state index in [0.29, 0.717) is 6.04 Å². The van der Waals surface area contributed by atoms with Crippen molar-refractivity contribution in [2.75, 3.05) is 5.75 Å². The van der Waals surface area contributed by atoms with Crippen molar-refractivity contribution in [3.05, 3.63) is 29.3 Å². The van der Waals surface area contributed by atoms with Crippen LogP contribution in [0.25, 0.3) is 0 Å². The number of hydrogen-bond acceptors (Lipinski definition) is 3. The first kappa shape index (κ1) is 14.8. The van der Waals surface area contributed by atoms with Crippen molar-refractivity contribution in [2.24, 2.45) is 11.8 Å². The van der Waals surface area contributed by atoms with Crippen LogP contribution in [0.4, 0.5) is 0 Å². The zero-order valence-electron chi connectivity index (χ0n) is 10.4. The van der Waals surface area contributed by atoms with Gasteiger partial charge in [0.25, 0.3) is 0 Å². The first-order chi connectivity index (χ1) is 8.13. The molecule has 0 saturated carbocycles. The number of nitrogens with one attached hydrogen (secondary N) is 1.